The van der Waals surface area contributed by atoms with Gasteiger partial charge in [0.2, 0.25) is 33.6 Å². The first-order valence-electron chi connectivity index (χ1n) is 17.8. The summed E-state index contributed by atoms with van der Waals surface area (Å²) in [7, 11) is -2.29. The molecule has 2 saturated heterocycles. The zero-order valence-electron chi connectivity index (χ0n) is 29.9. The number of hydrogen-bond donors (Lipinski definition) is 2. The van der Waals surface area contributed by atoms with Gasteiger partial charge in [0.1, 0.15) is 23.4 Å². The standard InChI is InChI=1S/C37H49N5O8S/c1-6-24-21-37(24,35(46)40-51(47,48)27-11-12-27)39-32(44)30-19-26(50-33-28-13-10-25(49-5)18-23(28)14-15-38-33)22-42(30)34(45)29(36(2,3)4)20-31(43)41-16-8-7-9-17-41/h6,10,13-15,18,24,26-27,29-30H,1,7-9,11-12,16-17,19-22H2,2-5H3,(H,39,44)(H,40,46)/t24-,26-,29?,30+,37-/m1/s1. The molecule has 2 aliphatic carbocycles. The molecule has 3 heterocycles. The minimum atomic E-state index is -3.87. The Balaban J connectivity index is 1.28. The van der Waals surface area contributed by atoms with Crippen LogP contribution >= 0.6 is 0 Å². The number of amides is 4. The number of ether oxygens (including phenoxy) is 2. The minimum absolute atomic E-state index is 0.00465. The number of piperidine rings is 1. The molecule has 6 rings (SSSR count). The zero-order valence-corrected chi connectivity index (χ0v) is 30.7. The van der Waals surface area contributed by atoms with Crippen LogP contribution in [0.3, 0.4) is 0 Å². The molecule has 4 aliphatic rings. The Morgan fingerprint density at radius 1 is 1.12 bits per heavy atom. The predicted molar refractivity (Wildman–Crippen MR) is 190 cm³/mol. The minimum Gasteiger partial charge on any atom is -0.497 e. The number of hydrogen-bond acceptors (Lipinski definition) is 9. The Bertz CT molecular complexity index is 1820. The van der Waals surface area contributed by atoms with Gasteiger partial charge in [-0.1, -0.05) is 26.8 Å². The smallest absolute Gasteiger partial charge is 0.259 e. The number of fused-ring (bicyclic) bond motifs is 1. The molecule has 5 atom stereocenters. The lowest BCUT2D eigenvalue weighted by Crippen LogP contribution is -2.57. The van der Waals surface area contributed by atoms with Crippen molar-refractivity contribution in [3.63, 3.8) is 0 Å². The van der Waals surface area contributed by atoms with E-state index in [1.165, 1.54) is 11.0 Å². The molecule has 0 spiro atoms. The molecule has 4 fully saturated rings. The quantitative estimate of drug-likeness (QED) is 0.313. The van der Waals surface area contributed by atoms with Crippen LogP contribution in [0.15, 0.2) is 43.1 Å². The van der Waals surface area contributed by atoms with Gasteiger partial charge < -0.3 is 24.6 Å². The number of rotatable bonds is 12. The van der Waals surface area contributed by atoms with E-state index in [1.807, 2.05) is 43.9 Å². The topological polar surface area (TPSA) is 164 Å². The lowest BCUT2D eigenvalue weighted by Gasteiger charge is -2.36. The van der Waals surface area contributed by atoms with Crippen molar-refractivity contribution in [1.29, 1.82) is 0 Å². The van der Waals surface area contributed by atoms with Crippen LogP contribution in [0.5, 0.6) is 11.6 Å². The van der Waals surface area contributed by atoms with Crippen LogP contribution in [0.25, 0.3) is 10.8 Å². The molecule has 0 radical (unpaired) electrons. The highest BCUT2D eigenvalue weighted by molar-refractivity contribution is 7.91. The van der Waals surface area contributed by atoms with Crippen molar-refractivity contribution in [2.24, 2.45) is 17.3 Å². The molecule has 0 bridgehead atoms. The number of benzene rings is 1. The highest BCUT2D eigenvalue weighted by Gasteiger charge is 2.62. The van der Waals surface area contributed by atoms with Gasteiger partial charge in [-0.15, -0.1) is 6.58 Å². The Morgan fingerprint density at radius 2 is 1.84 bits per heavy atom. The molecule has 2 aromatic rings. The predicted octanol–water partition coefficient (Wildman–Crippen LogP) is 3.33. The SMILES string of the molecule is C=C[C@@H]1C[C@]1(NC(=O)[C@@H]1C[C@@H](Oc2nccc3cc(OC)ccc23)CN1C(=O)C(CC(=O)N1CCCCC1)C(C)(C)C)C(=O)NS(=O)(=O)C1CC1. The normalized spacial score (nSPS) is 25.5. The summed E-state index contributed by atoms with van der Waals surface area (Å²) in [5.41, 5.74) is -2.14. The van der Waals surface area contributed by atoms with E-state index < -0.39 is 62.0 Å². The third-order valence-electron chi connectivity index (χ3n) is 10.7. The van der Waals surface area contributed by atoms with Gasteiger partial charge >= 0.3 is 0 Å². The molecule has 2 saturated carbocycles. The molecule has 1 aromatic carbocycles. The number of pyridine rings is 1. The lowest BCUT2D eigenvalue weighted by atomic mass is 9.77. The van der Waals surface area contributed by atoms with E-state index in [2.05, 4.69) is 21.6 Å². The molecule has 13 nitrogen and oxygen atoms in total. The molecule has 1 unspecified atom stereocenters. The second-order valence-electron chi connectivity index (χ2n) is 15.4. The van der Waals surface area contributed by atoms with Crippen LogP contribution in [-0.2, 0) is 29.2 Å². The summed E-state index contributed by atoms with van der Waals surface area (Å²) in [6, 6.07) is 6.25. The summed E-state index contributed by atoms with van der Waals surface area (Å²) in [5.74, 6) is -2.11. The third-order valence-corrected chi connectivity index (χ3v) is 12.6. The second-order valence-corrected chi connectivity index (χ2v) is 17.4. The summed E-state index contributed by atoms with van der Waals surface area (Å²) in [6.07, 6.45) is 6.59. The molecular formula is C37H49N5O8S. The van der Waals surface area contributed by atoms with E-state index in [-0.39, 0.29) is 37.6 Å². The average Bonchev–Trinajstić information content (AvgIpc) is 4.03. The Labute approximate surface area is 299 Å². The zero-order chi connectivity index (χ0) is 36.7. The fourth-order valence-electron chi connectivity index (χ4n) is 7.31. The van der Waals surface area contributed by atoms with Gasteiger partial charge in [0.15, 0.2) is 0 Å². The molecule has 2 aliphatic heterocycles. The highest BCUT2D eigenvalue weighted by Crippen LogP contribution is 2.46. The summed E-state index contributed by atoms with van der Waals surface area (Å²) < 4.78 is 39.3. The van der Waals surface area contributed by atoms with E-state index in [0.717, 1.165) is 30.0 Å². The molecule has 4 amide bonds. The van der Waals surface area contributed by atoms with Crippen LogP contribution in [0, 0.1) is 17.3 Å². The van der Waals surface area contributed by atoms with E-state index >= 15 is 0 Å². The van der Waals surface area contributed by atoms with Crippen molar-refractivity contribution in [3.05, 3.63) is 43.1 Å². The number of carbonyl (C=O) groups is 4. The number of methoxy groups -OCH3 is 1. The average molecular weight is 724 g/mol. The van der Waals surface area contributed by atoms with E-state index in [9.17, 15) is 27.6 Å². The van der Waals surface area contributed by atoms with Gasteiger partial charge in [0.05, 0.1) is 24.8 Å². The number of nitrogens with zero attached hydrogens (tertiary/aromatic N) is 3. The Morgan fingerprint density at radius 3 is 2.47 bits per heavy atom. The first-order chi connectivity index (χ1) is 24.2. The third kappa shape index (κ3) is 7.70. The number of sulfonamides is 1. The van der Waals surface area contributed by atoms with Crippen molar-refractivity contribution in [3.8, 4) is 11.6 Å². The molecule has 2 N–H and O–H groups in total. The molecule has 1 aromatic heterocycles. The van der Waals surface area contributed by atoms with Gasteiger partial charge in [0, 0.05) is 43.4 Å². The maximum atomic E-state index is 14.6. The largest absolute Gasteiger partial charge is 0.497 e. The lowest BCUT2D eigenvalue weighted by molar-refractivity contribution is -0.148. The summed E-state index contributed by atoms with van der Waals surface area (Å²) >= 11 is 0. The van der Waals surface area contributed by atoms with Crippen LogP contribution in [0.1, 0.15) is 72.1 Å². The van der Waals surface area contributed by atoms with Crippen LogP contribution in [0.4, 0.5) is 0 Å². The Hall–Kier alpha value is -4.20. The van der Waals surface area contributed by atoms with Crippen LogP contribution < -0.4 is 19.5 Å². The summed E-state index contributed by atoms with van der Waals surface area (Å²) in [5, 5.41) is 3.77. The fourth-order valence-corrected chi connectivity index (χ4v) is 8.68. The number of likely N-dealkylation sites (tertiary alicyclic amines) is 2. The highest BCUT2D eigenvalue weighted by atomic mass is 32.2. The van der Waals surface area contributed by atoms with Gasteiger partial charge in [-0.2, -0.15) is 0 Å². The number of nitrogens with one attached hydrogen (secondary N) is 2. The van der Waals surface area contributed by atoms with Gasteiger partial charge in [-0.05, 0) is 73.6 Å². The first-order valence-corrected chi connectivity index (χ1v) is 19.4. The van der Waals surface area contributed by atoms with Crippen molar-refractivity contribution < 1.29 is 37.1 Å². The van der Waals surface area contributed by atoms with Crippen molar-refractivity contribution in [2.75, 3.05) is 26.7 Å². The van der Waals surface area contributed by atoms with E-state index in [4.69, 9.17) is 9.47 Å². The van der Waals surface area contributed by atoms with Crippen LogP contribution in [-0.4, -0.2) is 96.5 Å². The summed E-state index contributed by atoms with van der Waals surface area (Å²) in [6.45, 7) is 10.9. The molecular weight excluding hydrogens is 675 g/mol. The fraction of sp³-hybridized carbons (Fsp3) is 0.595. The molecule has 51 heavy (non-hydrogen) atoms. The first kappa shape index (κ1) is 36.6. The van der Waals surface area contributed by atoms with E-state index in [1.54, 1.807) is 19.4 Å². The maximum absolute atomic E-state index is 14.6. The van der Waals surface area contributed by atoms with Gasteiger partial charge in [0.25, 0.3) is 5.91 Å². The maximum Gasteiger partial charge on any atom is 0.259 e. The monoisotopic (exact) mass is 723 g/mol. The Kier molecular flexibility index (Phi) is 10.1. The number of carbonyl (C=O) groups excluding carboxylic acids is 4. The number of aromatic nitrogens is 1. The van der Waals surface area contributed by atoms with Gasteiger partial charge in [-0.25, -0.2) is 13.4 Å². The van der Waals surface area contributed by atoms with Crippen LogP contribution in [0.2, 0.25) is 0 Å². The second kappa shape index (κ2) is 14.1. The van der Waals surface area contributed by atoms with Crippen molar-refractivity contribution >= 4 is 44.4 Å². The van der Waals surface area contributed by atoms with E-state index in [0.29, 0.717) is 37.6 Å². The van der Waals surface area contributed by atoms with Crippen molar-refractivity contribution in [2.45, 2.75) is 95.1 Å². The van der Waals surface area contributed by atoms with Gasteiger partial charge in [-0.3, -0.25) is 23.9 Å². The molecule has 14 heteroatoms. The van der Waals surface area contributed by atoms with Crippen molar-refractivity contribution in [1.82, 2.24) is 24.8 Å². The summed E-state index contributed by atoms with van der Waals surface area (Å²) in [4.78, 5) is 63.6. The molecule has 276 valence electrons.